The second-order valence-corrected chi connectivity index (χ2v) is 9.81. The molecule has 124 valence electrons. The molecule has 5 heteroatoms. The summed E-state index contributed by atoms with van der Waals surface area (Å²) in [5, 5.41) is 5.80. The lowest BCUT2D eigenvalue weighted by atomic mass is 10.1. The van der Waals surface area contributed by atoms with Crippen molar-refractivity contribution >= 4 is 22.3 Å². The van der Waals surface area contributed by atoms with Crippen LogP contribution < -0.4 is 5.32 Å². The van der Waals surface area contributed by atoms with Crippen LogP contribution in [0.25, 0.3) is 0 Å². The fraction of sp³-hybridized carbons (Fsp3) is 0.333. The third-order valence-electron chi connectivity index (χ3n) is 2.90. The van der Waals surface area contributed by atoms with E-state index in [1.807, 2.05) is 24.3 Å². The highest BCUT2D eigenvalue weighted by Crippen LogP contribution is 2.32. The maximum atomic E-state index is 11.5. The molecule has 1 rings (SSSR count). The predicted octanol–water partition coefficient (Wildman–Crippen LogP) is 2.30. The lowest BCUT2D eigenvalue weighted by molar-refractivity contribution is -0.117. The summed E-state index contributed by atoms with van der Waals surface area (Å²) >= 11 is 0. The summed E-state index contributed by atoms with van der Waals surface area (Å²) < 4.78 is 0. The van der Waals surface area contributed by atoms with Gasteiger partial charge in [-0.3, -0.25) is 9.59 Å². The smallest absolute Gasteiger partial charge is 0.248 e. The third kappa shape index (κ3) is 7.07. The number of rotatable bonds is 5. The van der Waals surface area contributed by atoms with Crippen LogP contribution in [0.1, 0.15) is 18.1 Å². The number of nitrogens with one attached hydrogen (secondary N) is 1. The summed E-state index contributed by atoms with van der Waals surface area (Å²) in [7, 11) is 0.719. The van der Waals surface area contributed by atoms with Gasteiger partial charge in [-0.25, -0.2) is 0 Å². The second-order valence-electron chi connectivity index (χ2n) is 5.93. The maximum Gasteiger partial charge on any atom is 0.248 e. The van der Waals surface area contributed by atoms with Crippen molar-refractivity contribution in [1.29, 1.82) is 0 Å². The normalized spacial score (nSPS) is 12.0. The highest BCUT2D eigenvalue weighted by molar-refractivity contribution is 8.35. The van der Waals surface area contributed by atoms with E-state index < -0.39 is 10.0 Å². The molecule has 1 aromatic carbocycles. The number of likely N-dealkylation sites (N-methyl/N-ethyl adjacent to an activating group) is 1. The average molecular weight is 332 g/mol. The number of carbonyl (C=O) groups excluding carboxylic acids is 2. The van der Waals surface area contributed by atoms with Crippen molar-refractivity contribution in [2.45, 2.75) is 13.5 Å². The van der Waals surface area contributed by atoms with Gasteiger partial charge >= 0.3 is 0 Å². The maximum absolute atomic E-state index is 11.5. The molecule has 0 aliphatic carbocycles. The number of amides is 2. The Labute approximate surface area is 140 Å². The topological polar surface area (TPSA) is 49.4 Å². The number of benzene rings is 1. The summed E-state index contributed by atoms with van der Waals surface area (Å²) in [4.78, 5) is 24.1. The molecule has 0 heterocycles. The van der Waals surface area contributed by atoms with Crippen LogP contribution in [0.15, 0.2) is 36.0 Å². The van der Waals surface area contributed by atoms with Crippen LogP contribution in [0.2, 0.25) is 0 Å². The van der Waals surface area contributed by atoms with E-state index in [1.165, 1.54) is 4.90 Å². The van der Waals surface area contributed by atoms with E-state index in [1.54, 1.807) is 20.2 Å². The minimum atomic E-state index is -0.841. The van der Waals surface area contributed by atoms with Crippen molar-refractivity contribution in [3.63, 3.8) is 0 Å². The average Bonchev–Trinajstić information content (AvgIpc) is 2.51. The molecule has 1 aromatic rings. The number of carbonyl (C=O) groups is 2. The summed E-state index contributed by atoms with van der Waals surface area (Å²) in [6.45, 7) is 2.08. The van der Waals surface area contributed by atoms with Crippen molar-refractivity contribution in [2.24, 2.45) is 0 Å². The Hall–Kier alpha value is -2.19. The lowest BCUT2D eigenvalue weighted by Gasteiger charge is -2.15. The van der Waals surface area contributed by atoms with E-state index in [-0.39, 0.29) is 5.91 Å². The van der Waals surface area contributed by atoms with E-state index in [0.29, 0.717) is 18.5 Å². The first kappa shape index (κ1) is 18.9. The van der Waals surface area contributed by atoms with Crippen molar-refractivity contribution in [2.75, 3.05) is 25.8 Å². The molecular weight excluding hydrogens is 308 g/mol. The first-order valence-electron chi connectivity index (χ1n) is 7.16. The quantitative estimate of drug-likeness (QED) is 0.511. The molecule has 2 amide bonds. The molecule has 0 unspecified atom stereocenters. The van der Waals surface area contributed by atoms with Crippen molar-refractivity contribution in [1.82, 2.24) is 10.2 Å². The van der Waals surface area contributed by atoms with Gasteiger partial charge in [-0.15, -0.1) is 0 Å². The number of hydrogen-bond acceptors (Lipinski definition) is 2. The SMILES string of the molecule is CNC(=O)/C(C)=C\N(C=O)Cc1ccc(C#CS(C)(C)C)cc1. The van der Waals surface area contributed by atoms with Crippen LogP contribution in [0.3, 0.4) is 0 Å². The van der Waals surface area contributed by atoms with Gasteiger partial charge in [-0.1, -0.05) is 18.1 Å². The third-order valence-corrected chi connectivity index (χ3v) is 3.62. The zero-order valence-electron chi connectivity index (χ0n) is 14.3. The molecule has 0 radical (unpaired) electrons. The number of hydrogen-bond donors (Lipinski definition) is 1. The molecule has 0 saturated heterocycles. The van der Waals surface area contributed by atoms with Crippen LogP contribution in [0, 0.1) is 11.2 Å². The van der Waals surface area contributed by atoms with Gasteiger partial charge in [0.15, 0.2) is 0 Å². The highest BCUT2D eigenvalue weighted by Gasteiger charge is 2.05. The fourth-order valence-electron chi connectivity index (χ4n) is 1.73. The Morgan fingerprint density at radius 3 is 2.35 bits per heavy atom. The Morgan fingerprint density at radius 1 is 1.26 bits per heavy atom. The summed E-state index contributed by atoms with van der Waals surface area (Å²) in [5.41, 5.74) is 2.42. The summed E-state index contributed by atoms with van der Waals surface area (Å²) in [6.07, 6.45) is 8.71. The molecule has 23 heavy (non-hydrogen) atoms. The predicted molar refractivity (Wildman–Crippen MR) is 98.1 cm³/mol. The first-order valence-corrected chi connectivity index (χ1v) is 10.0. The lowest BCUT2D eigenvalue weighted by Crippen LogP contribution is -2.22. The van der Waals surface area contributed by atoms with Gasteiger partial charge in [0.2, 0.25) is 12.3 Å². The first-order chi connectivity index (χ1) is 10.7. The van der Waals surface area contributed by atoms with Crippen LogP contribution in [-0.2, 0) is 16.1 Å². The van der Waals surface area contributed by atoms with Gasteiger partial charge in [0, 0.05) is 30.9 Å². The molecule has 1 N–H and O–H groups in total. The zero-order valence-corrected chi connectivity index (χ0v) is 15.2. The van der Waals surface area contributed by atoms with E-state index in [4.69, 9.17) is 0 Å². The minimum absolute atomic E-state index is 0.202. The Morgan fingerprint density at radius 2 is 1.87 bits per heavy atom. The van der Waals surface area contributed by atoms with E-state index >= 15 is 0 Å². The second kappa shape index (κ2) is 8.44. The molecule has 0 aromatic heterocycles. The van der Waals surface area contributed by atoms with Crippen molar-refractivity contribution in [3.8, 4) is 11.2 Å². The van der Waals surface area contributed by atoms with Gasteiger partial charge in [0.1, 0.15) is 0 Å². The highest BCUT2D eigenvalue weighted by atomic mass is 32.3. The standard InChI is InChI=1S/C18H24N2O2S/c1-15(18(22)19-2)12-20(14-21)13-17-8-6-16(7-9-17)10-11-23(3,4)5/h6-9,12,14H,13H2,1-5H3,(H,19,22)/b15-12-. The summed E-state index contributed by atoms with van der Waals surface area (Å²) in [5.74, 6) is 2.97. The van der Waals surface area contributed by atoms with Crippen LogP contribution in [0.4, 0.5) is 0 Å². The fourth-order valence-corrected chi connectivity index (χ4v) is 2.16. The van der Waals surface area contributed by atoms with Gasteiger partial charge < -0.3 is 10.2 Å². The monoisotopic (exact) mass is 332 g/mol. The van der Waals surface area contributed by atoms with E-state index in [2.05, 4.69) is 35.3 Å². The Bertz CT molecular complexity index is 646. The zero-order chi connectivity index (χ0) is 17.5. The summed E-state index contributed by atoms with van der Waals surface area (Å²) in [6, 6.07) is 7.79. The molecule has 0 aliphatic heterocycles. The van der Waals surface area contributed by atoms with Crippen molar-refractivity contribution < 1.29 is 9.59 Å². The molecule has 0 saturated carbocycles. The molecular formula is C18H24N2O2S. The van der Waals surface area contributed by atoms with Crippen LogP contribution in [-0.4, -0.2) is 43.0 Å². The van der Waals surface area contributed by atoms with Gasteiger partial charge in [-0.05, 0) is 48.6 Å². The molecule has 0 spiro atoms. The molecule has 0 atom stereocenters. The van der Waals surface area contributed by atoms with Crippen LogP contribution in [0.5, 0.6) is 0 Å². The van der Waals surface area contributed by atoms with E-state index in [0.717, 1.165) is 11.1 Å². The largest absolute Gasteiger partial charge is 0.355 e. The molecule has 0 fully saturated rings. The number of nitrogens with zero attached hydrogens (tertiary/aromatic N) is 1. The molecule has 0 aliphatic rings. The Kier molecular flexibility index (Phi) is 6.92. The van der Waals surface area contributed by atoms with Gasteiger partial charge in [0.25, 0.3) is 0 Å². The molecule has 0 bridgehead atoms. The minimum Gasteiger partial charge on any atom is -0.355 e. The van der Waals surface area contributed by atoms with Crippen LogP contribution >= 0.6 is 10.0 Å². The van der Waals surface area contributed by atoms with E-state index in [9.17, 15) is 9.59 Å². The van der Waals surface area contributed by atoms with Gasteiger partial charge in [-0.2, -0.15) is 10.0 Å². The molecule has 4 nitrogen and oxygen atoms in total. The Balaban J connectivity index is 2.82. The van der Waals surface area contributed by atoms with Gasteiger partial charge in [0.05, 0.1) is 0 Å². The van der Waals surface area contributed by atoms with Crippen molar-refractivity contribution in [3.05, 3.63) is 47.2 Å².